The highest BCUT2D eigenvalue weighted by atomic mass is 79.9. The fourth-order valence-electron chi connectivity index (χ4n) is 7.23. The van der Waals surface area contributed by atoms with E-state index in [1.165, 1.54) is 12.2 Å². The summed E-state index contributed by atoms with van der Waals surface area (Å²) in [5.74, 6) is -1.03. The second-order valence-electron chi connectivity index (χ2n) is 9.69. The molecule has 3 fully saturated rings. The molecule has 0 bridgehead atoms. The lowest BCUT2D eigenvalue weighted by atomic mass is 9.45. The van der Waals surface area contributed by atoms with Gasteiger partial charge in [0.25, 0.3) is 0 Å². The molecule has 0 unspecified atom stereocenters. The van der Waals surface area contributed by atoms with Crippen LogP contribution in [0.5, 0.6) is 0 Å². The molecule has 0 aromatic heterocycles. The van der Waals surface area contributed by atoms with Gasteiger partial charge in [-0.05, 0) is 62.0 Å². The van der Waals surface area contributed by atoms with Gasteiger partial charge in [0.05, 0.1) is 10.4 Å². The van der Waals surface area contributed by atoms with Crippen LogP contribution in [-0.2, 0) is 9.59 Å². The van der Waals surface area contributed by atoms with E-state index in [1.54, 1.807) is 13.0 Å². The van der Waals surface area contributed by atoms with Crippen LogP contribution in [-0.4, -0.2) is 44.5 Å². The Morgan fingerprint density at radius 3 is 2.68 bits per heavy atom. The second kappa shape index (κ2) is 6.08. The summed E-state index contributed by atoms with van der Waals surface area (Å²) in [7, 11) is 0. The van der Waals surface area contributed by atoms with E-state index in [1.807, 2.05) is 13.8 Å². The number of carbonyl (C=O) groups excluding carboxylic acids is 2. The van der Waals surface area contributed by atoms with Gasteiger partial charge < -0.3 is 10.2 Å². The fraction of sp³-hybridized carbons (Fsp3) is 0.727. The molecular weight excluding hydrogens is 427 g/mol. The average molecular weight is 455 g/mol. The number of allylic oxidation sites excluding steroid dienone is 4. The van der Waals surface area contributed by atoms with Crippen LogP contribution in [0, 0.1) is 28.6 Å². The molecule has 28 heavy (non-hydrogen) atoms. The van der Waals surface area contributed by atoms with Crippen molar-refractivity contribution in [3.63, 3.8) is 0 Å². The van der Waals surface area contributed by atoms with Crippen molar-refractivity contribution >= 4 is 27.5 Å². The van der Waals surface area contributed by atoms with E-state index in [4.69, 9.17) is 0 Å². The van der Waals surface area contributed by atoms with Gasteiger partial charge in [-0.15, -0.1) is 0 Å². The third-order valence-electron chi connectivity index (χ3n) is 8.70. The molecule has 4 rings (SSSR count). The number of alkyl halides is 2. The van der Waals surface area contributed by atoms with E-state index >= 15 is 4.39 Å². The normalized spacial score (nSPS) is 52.5. The SMILES string of the molecule is C[C@@H]1C[C@H]2[C@@H]3CCC4=CC(=O)C=C[C@]4(C)[C@@]3(F)[C@@H](O)C[C@]2(C)[C@@]1(Br)C(=O)CO. The molecule has 0 heterocycles. The van der Waals surface area contributed by atoms with Gasteiger partial charge in [-0.25, -0.2) is 4.39 Å². The van der Waals surface area contributed by atoms with Crippen molar-refractivity contribution in [3.05, 3.63) is 23.8 Å². The molecular formula is C22H28BrFO4. The first-order valence-corrected chi connectivity index (χ1v) is 10.9. The molecule has 0 aromatic carbocycles. The summed E-state index contributed by atoms with van der Waals surface area (Å²) in [5, 5.41) is 20.8. The van der Waals surface area contributed by atoms with E-state index in [2.05, 4.69) is 15.9 Å². The lowest BCUT2D eigenvalue weighted by Crippen LogP contribution is -2.68. The van der Waals surface area contributed by atoms with Crippen molar-refractivity contribution in [2.75, 3.05) is 6.61 Å². The molecule has 4 aliphatic rings. The molecule has 0 radical (unpaired) electrons. The number of halogens is 2. The van der Waals surface area contributed by atoms with Crippen LogP contribution < -0.4 is 0 Å². The summed E-state index contributed by atoms with van der Waals surface area (Å²) in [6.45, 7) is 5.14. The number of aliphatic hydroxyl groups excluding tert-OH is 2. The summed E-state index contributed by atoms with van der Waals surface area (Å²) >= 11 is 3.67. The zero-order valence-electron chi connectivity index (χ0n) is 16.5. The van der Waals surface area contributed by atoms with E-state index in [-0.39, 0.29) is 29.8 Å². The molecule has 8 atom stereocenters. The van der Waals surface area contributed by atoms with Gasteiger partial charge in [0, 0.05) is 11.3 Å². The minimum atomic E-state index is -1.89. The fourth-order valence-corrected chi connectivity index (χ4v) is 8.00. The highest BCUT2D eigenvalue weighted by Gasteiger charge is 2.75. The first-order chi connectivity index (χ1) is 13.0. The average Bonchev–Trinajstić information content (AvgIpc) is 2.84. The highest BCUT2D eigenvalue weighted by Crippen LogP contribution is 2.72. The third-order valence-corrected chi connectivity index (χ3v) is 10.8. The van der Waals surface area contributed by atoms with E-state index in [9.17, 15) is 19.8 Å². The van der Waals surface area contributed by atoms with Gasteiger partial charge in [-0.1, -0.05) is 41.4 Å². The molecule has 4 aliphatic carbocycles. The molecule has 0 amide bonds. The lowest BCUT2D eigenvalue weighted by molar-refractivity contribution is -0.193. The van der Waals surface area contributed by atoms with Gasteiger partial charge >= 0.3 is 0 Å². The molecule has 0 spiro atoms. The number of fused-ring (bicyclic) bond motifs is 5. The Balaban J connectivity index is 1.84. The van der Waals surface area contributed by atoms with Gasteiger partial charge in [0.2, 0.25) is 0 Å². The summed E-state index contributed by atoms with van der Waals surface area (Å²) in [5.41, 5.74) is -2.81. The zero-order valence-corrected chi connectivity index (χ0v) is 18.1. The van der Waals surface area contributed by atoms with Crippen LogP contribution in [0.2, 0.25) is 0 Å². The summed E-state index contributed by atoms with van der Waals surface area (Å²) in [6.07, 6.45) is 5.26. The number of ketones is 2. The maximum Gasteiger partial charge on any atom is 0.178 e. The molecule has 3 saturated carbocycles. The molecule has 6 heteroatoms. The van der Waals surface area contributed by atoms with Crippen molar-refractivity contribution < 1.29 is 24.2 Å². The number of Topliss-reactive ketones (excluding diaryl/α,β-unsaturated/α-hetero) is 1. The molecule has 0 aliphatic heterocycles. The first-order valence-electron chi connectivity index (χ1n) is 10.1. The maximum atomic E-state index is 16.9. The van der Waals surface area contributed by atoms with Gasteiger partial charge in [-0.2, -0.15) is 0 Å². The predicted molar refractivity (Wildman–Crippen MR) is 107 cm³/mol. The van der Waals surface area contributed by atoms with Crippen LogP contribution >= 0.6 is 15.9 Å². The van der Waals surface area contributed by atoms with Crippen LogP contribution in [0.15, 0.2) is 23.8 Å². The summed E-state index contributed by atoms with van der Waals surface area (Å²) < 4.78 is 16.0. The third kappa shape index (κ3) is 2.12. The Hall–Kier alpha value is -0.850. The minimum absolute atomic E-state index is 0.0788. The van der Waals surface area contributed by atoms with Crippen molar-refractivity contribution in [2.45, 2.75) is 62.6 Å². The van der Waals surface area contributed by atoms with E-state index in [0.29, 0.717) is 19.3 Å². The Kier molecular flexibility index (Phi) is 4.44. The largest absolute Gasteiger partial charge is 0.390 e. The van der Waals surface area contributed by atoms with Crippen LogP contribution in [0.1, 0.15) is 46.5 Å². The molecule has 0 saturated heterocycles. The molecule has 2 N–H and O–H groups in total. The van der Waals surface area contributed by atoms with Crippen LogP contribution in [0.3, 0.4) is 0 Å². The summed E-state index contributed by atoms with van der Waals surface area (Å²) in [4.78, 5) is 24.6. The first kappa shape index (κ1) is 20.4. The maximum absolute atomic E-state index is 16.9. The monoisotopic (exact) mass is 454 g/mol. The number of aliphatic hydroxyl groups is 2. The standard InChI is InChI=1S/C22H28BrFO4/c1-12-8-16-15-5-4-13-9-14(26)6-7-19(13,2)22(15,24)17(27)10-20(16,3)21(12,23)18(28)11-25/h6-7,9,12,15-17,25,27H,4-5,8,10-11H2,1-3H3/t12-,15+,16+,17+,19+,20+,21+,22+/m1/s1. The number of carbonyl (C=O) groups is 2. The van der Waals surface area contributed by atoms with Crippen LogP contribution in [0.4, 0.5) is 4.39 Å². The predicted octanol–water partition coefficient (Wildman–Crippen LogP) is 3.30. The van der Waals surface area contributed by atoms with Gasteiger partial charge in [0.1, 0.15) is 6.61 Å². The molecule has 0 aromatic rings. The zero-order chi connectivity index (χ0) is 20.7. The Morgan fingerprint density at radius 2 is 2.04 bits per heavy atom. The molecule has 154 valence electrons. The quantitative estimate of drug-likeness (QED) is 0.627. The van der Waals surface area contributed by atoms with Crippen molar-refractivity contribution in [1.82, 2.24) is 0 Å². The van der Waals surface area contributed by atoms with Gasteiger partial charge in [-0.3, -0.25) is 9.59 Å². The van der Waals surface area contributed by atoms with Gasteiger partial charge in [0.15, 0.2) is 17.2 Å². The van der Waals surface area contributed by atoms with Crippen LogP contribution in [0.25, 0.3) is 0 Å². The number of hydrogen-bond donors (Lipinski definition) is 2. The van der Waals surface area contributed by atoms with E-state index in [0.717, 1.165) is 5.57 Å². The number of rotatable bonds is 2. The molecule has 4 nitrogen and oxygen atoms in total. The Bertz CT molecular complexity index is 808. The minimum Gasteiger partial charge on any atom is -0.390 e. The van der Waals surface area contributed by atoms with Crippen molar-refractivity contribution in [2.24, 2.45) is 28.6 Å². The Labute approximate surface area is 173 Å². The second-order valence-corrected chi connectivity index (χ2v) is 10.9. The van der Waals surface area contributed by atoms with E-state index < -0.39 is 39.5 Å². The number of hydrogen-bond acceptors (Lipinski definition) is 4. The van der Waals surface area contributed by atoms with Crippen molar-refractivity contribution in [3.8, 4) is 0 Å². The Morgan fingerprint density at radius 1 is 1.36 bits per heavy atom. The highest BCUT2D eigenvalue weighted by molar-refractivity contribution is 9.10. The lowest BCUT2D eigenvalue weighted by Gasteiger charge is -2.62. The summed E-state index contributed by atoms with van der Waals surface area (Å²) in [6, 6.07) is 0. The smallest absolute Gasteiger partial charge is 0.178 e. The topological polar surface area (TPSA) is 74.6 Å². The van der Waals surface area contributed by atoms with Crippen molar-refractivity contribution in [1.29, 1.82) is 0 Å².